The van der Waals surface area contributed by atoms with Crippen molar-refractivity contribution in [1.82, 2.24) is 5.32 Å². The Bertz CT molecular complexity index is 317. The smallest absolute Gasteiger partial charge is 0.188 e. The lowest BCUT2D eigenvalue weighted by atomic mass is 10.1. The van der Waals surface area contributed by atoms with E-state index in [9.17, 15) is 0 Å². The average Bonchev–Trinajstić information content (AvgIpc) is 2.27. The van der Waals surface area contributed by atoms with Crippen molar-refractivity contribution in [3.8, 4) is 0 Å². The third-order valence-corrected chi connectivity index (χ3v) is 2.30. The van der Waals surface area contributed by atoms with E-state index in [1.807, 2.05) is 30.3 Å². The molecule has 1 rings (SSSR count). The SMILES string of the molecule is CC(C)CCNC(N)=NCc1ccccc1. The van der Waals surface area contributed by atoms with Crippen LogP contribution in [0.5, 0.6) is 0 Å². The summed E-state index contributed by atoms with van der Waals surface area (Å²) in [4.78, 5) is 4.27. The van der Waals surface area contributed by atoms with Crippen LogP contribution in [0.1, 0.15) is 25.8 Å². The molecule has 3 heteroatoms. The highest BCUT2D eigenvalue weighted by Gasteiger charge is 1.95. The summed E-state index contributed by atoms with van der Waals surface area (Å²) in [6, 6.07) is 10.1. The van der Waals surface area contributed by atoms with E-state index in [-0.39, 0.29) is 0 Å². The summed E-state index contributed by atoms with van der Waals surface area (Å²) in [5.74, 6) is 1.22. The second-order valence-electron chi connectivity index (χ2n) is 4.30. The van der Waals surface area contributed by atoms with Crippen LogP contribution in [0.25, 0.3) is 0 Å². The molecule has 0 aliphatic rings. The fraction of sp³-hybridized carbons (Fsp3) is 0.462. The maximum Gasteiger partial charge on any atom is 0.188 e. The summed E-state index contributed by atoms with van der Waals surface area (Å²) in [6.07, 6.45) is 1.11. The highest BCUT2D eigenvalue weighted by Crippen LogP contribution is 1.99. The Hall–Kier alpha value is -1.51. The van der Waals surface area contributed by atoms with Crippen LogP contribution in [-0.4, -0.2) is 12.5 Å². The quantitative estimate of drug-likeness (QED) is 0.589. The van der Waals surface area contributed by atoms with E-state index in [4.69, 9.17) is 5.73 Å². The molecule has 0 bridgehead atoms. The van der Waals surface area contributed by atoms with Crippen molar-refractivity contribution in [2.24, 2.45) is 16.6 Å². The Kier molecular flexibility index (Phi) is 5.40. The Balaban J connectivity index is 2.29. The number of rotatable bonds is 5. The molecule has 0 atom stereocenters. The molecule has 0 spiro atoms. The number of hydrogen-bond donors (Lipinski definition) is 2. The van der Waals surface area contributed by atoms with Gasteiger partial charge in [0.2, 0.25) is 0 Å². The van der Waals surface area contributed by atoms with Gasteiger partial charge in [0.1, 0.15) is 0 Å². The molecule has 0 radical (unpaired) electrons. The Morgan fingerprint density at radius 2 is 2.00 bits per heavy atom. The number of hydrogen-bond acceptors (Lipinski definition) is 1. The predicted octanol–water partition coefficient (Wildman–Crippen LogP) is 2.14. The third-order valence-electron chi connectivity index (χ3n) is 2.30. The van der Waals surface area contributed by atoms with Gasteiger partial charge in [-0.15, -0.1) is 0 Å². The average molecular weight is 219 g/mol. The maximum absolute atomic E-state index is 5.75. The van der Waals surface area contributed by atoms with Crippen LogP contribution in [-0.2, 0) is 6.54 Å². The normalized spacial score (nSPS) is 11.8. The molecular formula is C13H21N3. The Morgan fingerprint density at radius 1 is 1.31 bits per heavy atom. The zero-order valence-electron chi connectivity index (χ0n) is 10.1. The highest BCUT2D eigenvalue weighted by molar-refractivity contribution is 5.77. The van der Waals surface area contributed by atoms with Crippen molar-refractivity contribution in [2.45, 2.75) is 26.8 Å². The summed E-state index contributed by atoms with van der Waals surface area (Å²) < 4.78 is 0. The van der Waals surface area contributed by atoms with Crippen LogP contribution in [0.3, 0.4) is 0 Å². The van der Waals surface area contributed by atoms with Crippen LogP contribution in [0, 0.1) is 5.92 Å². The van der Waals surface area contributed by atoms with Crippen molar-refractivity contribution in [2.75, 3.05) is 6.54 Å². The van der Waals surface area contributed by atoms with E-state index in [1.54, 1.807) is 0 Å². The first kappa shape index (κ1) is 12.6. The molecular weight excluding hydrogens is 198 g/mol. The monoisotopic (exact) mass is 219 g/mol. The first-order chi connectivity index (χ1) is 7.68. The second-order valence-corrected chi connectivity index (χ2v) is 4.30. The van der Waals surface area contributed by atoms with Crippen LogP contribution in [0.2, 0.25) is 0 Å². The van der Waals surface area contributed by atoms with Crippen LogP contribution in [0.4, 0.5) is 0 Å². The largest absolute Gasteiger partial charge is 0.370 e. The molecule has 0 aliphatic heterocycles. The number of benzene rings is 1. The molecule has 1 aromatic carbocycles. The zero-order valence-corrected chi connectivity index (χ0v) is 10.1. The molecule has 0 amide bonds. The molecule has 1 aromatic rings. The molecule has 0 heterocycles. The summed E-state index contributed by atoms with van der Waals surface area (Å²) >= 11 is 0. The van der Waals surface area contributed by atoms with Gasteiger partial charge < -0.3 is 11.1 Å². The van der Waals surface area contributed by atoms with Gasteiger partial charge in [-0.2, -0.15) is 0 Å². The number of nitrogens with one attached hydrogen (secondary N) is 1. The molecule has 0 aliphatic carbocycles. The first-order valence-electron chi connectivity index (χ1n) is 5.76. The lowest BCUT2D eigenvalue weighted by molar-refractivity contribution is 0.576. The topological polar surface area (TPSA) is 50.4 Å². The summed E-state index contributed by atoms with van der Waals surface area (Å²) in [5.41, 5.74) is 6.92. The van der Waals surface area contributed by atoms with E-state index in [0.717, 1.165) is 13.0 Å². The molecule has 0 saturated heterocycles. The van der Waals surface area contributed by atoms with E-state index < -0.39 is 0 Å². The minimum atomic E-state index is 0.532. The molecule has 0 fully saturated rings. The van der Waals surface area contributed by atoms with E-state index >= 15 is 0 Å². The number of nitrogens with two attached hydrogens (primary N) is 1. The molecule has 16 heavy (non-hydrogen) atoms. The van der Waals surface area contributed by atoms with Gasteiger partial charge in [-0.3, -0.25) is 0 Å². The van der Waals surface area contributed by atoms with Crippen molar-refractivity contribution in [3.63, 3.8) is 0 Å². The molecule has 88 valence electrons. The Morgan fingerprint density at radius 3 is 2.62 bits per heavy atom. The summed E-state index contributed by atoms with van der Waals surface area (Å²) in [6.45, 7) is 5.92. The fourth-order valence-electron chi connectivity index (χ4n) is 1.30. The van der Waals surface area contributed by atoms with E-state index in [2.05, 4.69) is 24.2 Å². The van der Waals surface area contributed by atoms with Crippen LogP contribution >= 0.6 is 0 Å². The predicted molar refractivity (Wildman–Crippen MR) is 69.2 cm³/mol. The second kappa shape index (κ2) is 6.88. The van der Waals surface area contributed by atoms with Crippen molar-refractivity contribution >= 4 is 5.96 Å². The lowest BCUT2D eigenvalue weighted by Crippen LogP contribution is -2.32. The maximum atomic E-state index is 5.75. The van der Waals surface area contributed by atoms with Gasteiger partial charge in [0.25, 0.3) is 0 Å². The van der Waals surface area contributed by atoms with E-state index in [0.29, 0.717) is 18.4 Å². The number of guanidine groups is 1. The third kappa shape index (κ3) is 5.39. The van der Waals surface area contributed by atoms with Crippen LogP contribution in [0.15, 0.2) is 35.3 Å². The van der Waals surface area contributed by atoms with Gasteiger partial charge in [0.15, 0.2) is 5.96 Å². The molecule has 0 unspecified atom stereocenters. The first-order valence-corrected chi connectivity index (χ1v) is 5.76. The standard InChI is InChI=1S/C13H21N3/c1-11(2)8-9-15-13(14)16-10-12-6-4-3-5-7-12/h3-7,11H,8-10H2,1-2H3,(H3,14,15,16). The lowest BCUT2D eigenvalue weighted by Gasteiger charge is -2.07. The highest BCUT2D eigenvalue weighted by atomic mass is 15.1. The fourth-order valence-corrected chi connectivity index (χ4v) is 1.30. The van der Waals surface area contributed by atoms with Gasteiger partial charge in [0, 0.05) is 6.54 Å². The molecule has 0 aromatic heterocycles. The summed E-state index contributed by atoms with van der Waals surface area (Å²) in [5, 5.41) is 3.11. The molecule has 3 N–H and O–H groups in total. The van der Waals surface area contributed by atoms with Gasteiger partial charge in [0.05, 0.1) is 6.54 Å². The van der Waals surface area contributed by atoms with Crippen molar-refractivity contribution < 1.29 is 0 Å². The van der Waals surface area contributed by atoms with Crippen molar-refractivity contribution in [1.29, 1.82) is 0 Å². The molecule has 0 saturated carbocycles. The van der Waals surface area contributed by atoms with Gasteiger partial charge in [-0.25, -0.2) is 4.99 Å². The Labute approximate surface area is 97.8 Å². The van der Waals surface area contributed by atoms with Gasteiger partial charge >= 0.3 is 0 Å². The van der Waals surface area contributed by atoms with Crippen molar-refractivity contribution in [3.05, 3.63) is 35.9 Å². The minimum Gasteiger partial charge on any atom is -0.370 e. The van der Waals surface area contributed by atoms with Crippen LogP contribution < -0.4 is 11.1 Å². The zero-order chi connectivity index (χ0) is 11.8. The summed E-state index contributed by atoms with van der Waals surface area (Å²) in [7, 11) is 0. The van der Waals surface area contributed by atoms with Gasteiger partial charge in [-0.1, -0.05) is 44.2 Å². The van der Waals surface area contributed by atoms with E-state index in [1.165, 1.54) is 5.56 Å². The number of aliphatic imine (C=N–C) groups is 1. The van der Waals surface area contributed by atoms with Gasteiger partial charge in [-0.05, 0) is 17.9 Å². The number of nitrogens with zero attached hydrogens (tertiary/aromatic N) is 1. The minimum absolute atomic E-state index is 0.532. The molecule has 3 nitrogen and oxygen atoms in total.